The van der Waals surface area contributed by atoms with Gasteiger partial charge < -0.3 is 19.9 Å². The van der Waals surface area contributed by atoms with Crippen molar-refractivity contribution >= 4 is 6.09 Å². The fourth-order valence-corrected chi connectivity index (χ4v) is 3.98. The van der Waals surface area contributed by atoms with E-state index >= 15 is 0 Å². The number of carbonyl (C=O) groups excluding carboxylic acids is 1. The van der Waals surface area contributed by atoms with Crippen LogP contribution in [0.4, 0.5) is 4.79 Å². The maximum Gasteiger partial charge on any atom is 0.407 e. The SMILES string of the molecule is CCCCCCCCCCCCCCCCCNC(=O)O[C@@H]1CCCO[C@H]1CO. The molecule has 0 aromatic heterocycles. The van der Waals surface area contributed by atoms with E-state index in [-0.39, 0.29) is 24.9 Å². The summed E-state index contributed by atoms with van der Waals surface area (Å²) in [5.41, 5.74) is 0. The second-order valence-corrected chi connectivity index (χ2v) is 8.55. The third-order valence-electron chi connectivity index (χ3n) is 5.87. The summed E-state index contributed by atoms with van der Waals surface area (Å²) in [5.74, 6) is 0. The number of aliphatic hydroxyl groups excluding tert-OH is 1. The average molecular weight is 414 g/mol. The van der Waals surface area contributed by atoms with E-state index in [9.17, 15) is 9.90 Å². The highest BCUT2D eigenvalue weighted by Gasteiger charge is 2.28. The summed E-state index contributed by atoms with van der Waals surface area (Å²) in [6.45, 7) is 3.47. The van der Waals surface area contributed by atoms with Crippen molar-refractivity contribution in [1.82, 2.24) is 5.32 Å². The number of rotatable bonds is 18. The summed E-state index contributed by atoms with van der Waals surface area (Å²) in [7, 11) is 0. The van der Waals surface area contributed by atoms with Gasteiger partial charge in [-0.3, -0.25) is 0 Å². The van der Waals surface area contributed by atoms with E-state index in [1.165, 1.54) is 83.5 Å². The first-order chi connectivity index (χ1) is 14.3. The number of alkyl carbamates (subject to hydrolysis) is 1. The van der Waals surface area contributed by atoms with Crippen molar-refractivity contribution in [3.8, 4) is 0 Å². The smallest absolute Gasteiger partial charge is 0.407 e. The van der Waals surface area contributed by atoms with Crippen molar-refractivity contribution in [3.63, 3.8) is 0 Å². The predicted octanol–water partition coefficient (Wildman–Crippen LogP) is 6.12. The lowest BCUT2D eigenvalue weighted by molar-refractivity contribution is -0.0973. The number of carbonyl (C=O) groups is 1. The molecule has 1 aliphatic heterocycles. The van der Waals surface area contributed by atoms with Crippen LogP contribution in [-0.2, 0) is 9.47 Å². The zero-order chi connectivity index (χ0) is 21.0. The minimum absolute atomic E-state index is 0.100. The highest BCUT2D eigenvalue weighted by molar-refractivity contribution is 5.67. The zero-order valence-corrected chi connectivity index (χ0v) is 19.0. The minimum atomic E-state index is -0.385. The van der Waals surface area contributed by atoms with Gasteiger partial charge in [-0.1, -0.05) is 96.8 Å². The normalized spacial score (nSPS) is 19.2. The van der Waals surface area contributed by atoms with Crippen molar-refractivity contribution < 1.29 is 19.4 Å². The molecule has 5 nitrogen and oxygen atoms in total. The molecule has 1 aliphatic rings. The standard InChI is InChI=1S/C24H47NO4/c1-2-3-4-5-6-7-8-9-10-11-12-13-14-15-16-19-25-24(27)29-22-18-17-20-28-23(22)21-26/h22-23,26H,2-21H2,1H3,(H,25,27)/t22-,23+/m1/s1. The molecule has 2 atom stereocenters. The number of hydrogen-bond donors (Lipinski definition) is 2. The number of ether oxygens (including phenoxy) is 2. The van der Waals surface area contributed by atoms with Crippen LogP contribution < -0.4 is 5.32 Å². The zero-order valence-electron chi connectivity index (χ0n) is 19.0. The van der Waals surface area contributed by atoms with Gasteiger partial charge in [-0.2, -0.15) is 0 Å². The van der Waals surface area contributed by atoms with Crippen LogP contribution in [0.15, 0.2) is 0 Å². The average Bonchev–Trinajstić information content (AvgIpc) is 2.74. The second kappa shape index (κ2) is 19.2. The van der Waals surface area contributed by atoms with E-state index in [4.69, 9.17) is 9.47 Å². The van der Waals surface area contributed by atoms with E-state index in [0.29, 0.717) is 13.2 Å². The highest BCUT2D eigenvalue weighted by atomic mass is 16.6. The van der Waals surface area contributed by atoms with E-state index in [1.807, 2.05) is 0 Å². The molecule has 29 heavy (non-hydrogen) atoms. The van der Waals surface area contributed by atoms with Gasteiger partial charge in [0.25, 0.3) is 0 Å². The maximum atomic E-state index is 11.9. The first kappa shape index (κ1) is 26.2. The number of aliphatic hydroxyl groups is 1. The molecular weight excluding hydrogens is 366 g/mol. The van der Waals surface area contributed by atoms with E-state index in [0.717, 1.165) is 25.7 Å². The quantitative estimate of drug-likeness (QED) is 0.265. The second-order valence-electron chi connectivity index (χ2n) is 8.55. The van der Waals surface area contributed by atoms with Gasteiger partial charge in [0.1, 0.15) is 12.2 Å². The van der Waals surface area contributed by atoms with E-state index < -0.39 is 0 Å². The molecule has 5 heteroatoms. The Kier molecular flexibility index (Phi) is 17.3. The Bertz CT molecular complexity index is 378. The first-order valence-electron chi connectivity index (χ1n) is 12.4. The molecule has 1 heterocycles. The monoisotopic (exact) mass is 413 g/mol. The number of hydrogen-bond acceptors (Lipinski definition) is 4. The minimum Gasteiger partial charge on any atom is -0.443 e. The van der Waals surface area contributed by atoms with Crippen LogP contribution in [-0.4, -0.2) is 43.2 Å². The van der Waals surface area contributed by atoms with Gasteiger partial charge in [-0.15, -0.1) is 0 Å². The van der Waals surface area contributed by atoms with E-state index in [1.54, 1.807) is 0 Å². The molecule has 1 fully saturated rings. The van der Waals surface area contributed by atoms with Crippen molar-refractivity contribution in [1.29, 1.82) is 0 Å². The van der Waals surface area contributed by atoms with Gasteiger partial charge >= 0.3 is 6.09 Å². The number of unbranched alkanes of at least 4 members (excludes halogenated alkanes) is 14. The molecule has 0 unspecified atom stereocenters. The fourth-order valence-electron chi connectivity index (χ4n) is 3.98. The van der Waals surface area contributed by atoms with Crippen LogP contribution in [0.25, 0.3) is 0 Å². The summed E-state index contributed by atoms with van der Waals surface area (Å²) < 4.78 is 10.8. The van der Waals surface area contributed by atoms with Crippen molar-refractivity contribution in [2.45, 2.75) is 128 Å². The molecule has 0 aromatic rings. The van der Waals surface area contributed by atoms with Gasteiger partial charge in [0, 0.05) is 13.2 Å². The Morgan fingerprint density at radius 3 is 1.93 bits per heavy atom. The van der Waals surface area contributed by atoms with Gasteiger partial charge in [-0.25, -0.2) is 4.79 Å². The van der Waals surface area contributed by atoms with Gasteiger partial charge in [0.2, 0.25) is 0 Å². The molecule has 0 bridgehead atoms. The summed E-state index contributed by atoms with van der Waals surface area (Å²) >= 11 is 0. The first-order valence-corrected chi connectivity index (χ1v) is 12.4. The molecule has 0 aromatic carbocycles. The van der Waals surface area contributed by atoms with Crippen LogP contribution in [0.3, 0.4) is 0 Å². The topological polar surface area (TPSA) is 67.8 Å². The summed E-state index contributed by atoms with van der Waals surface area (Å²) in [6, 6.07) is 0. The summed E-state index contributed by atoms with van der Waals surface area (Å²) in [4.78, 5) is 11.9. The Morgan fingerprint density at radius 1 is 0.897 bits per heavy atom. The Hall–Kier alpha value is -0.810. The summed E-state index contributed by atoms with van der Waals surface area (Å²) in [6.07, 6.45) is 20.6. The molecule has 0 spiro atoms. The number of amides is 1. The van der Waals surface area contributed by atoms with Crippen molar-refractivity contribution in [2.24, 2.45) is 0 Å². The lowest BCUT2D eigenvalue weighted by Gasteiger charge is -2.29. The molecule has 2 N–H and O–H groups in total. The van der Waals surface area contributed by atoms with Gasteiger partial charge in [-0.05, 0) is 19.3 Å². The largest absolute Gasteiger partial charge is 0.443 e. The number of nitrogens with one attached hydrogen (secondary N) is 1. The molecule has 172 valence electrons. The molecule has 1 saturated heterocycles. The third kappa shape index (κ3) is 14.8. The Morgan fingerprint density at radius 2 is 1.41 bits per heavy atom. The fraction of sp³-hybridized carbons (Fsp3) is 0.958. The van der Waals surface area contributed by atoms with Crippen LogP contribution in [0.1, 0.15) is 116 Å². The summed E-state index contributed by atoms with van der Waals surface area (Å²) in [5, 5.41) is 12.1. The molecule has 0 saturated carbocycles. The maximum absolute atomic E-state index is 11.9. The lowest BCUT2D eigenvalue weighted by atomic mass is 10.0. The highest BCUT2D eigenvalue weighted by Crippen LogP contribution is 2.17. The van der Waals surface area contributed by atoms with Crippen LogP contribution in [0, 0.1) is 0 Å². The van der Waals surface area contributed by atoms with E-state index in [2.05, 4.69) is 12.2 Å². The molecule has 1 rings (SSSR count). The lowest BCUT2D eigenvalue weighted by Crippen LogP contribution is -2.42. The van der Waals surface area contributed by atoms with Crippen LogP contribution in [0.2, 0.25) is 0 Å². The van der Waals surface area contributed by atoms with Crippen LogP contribution in [0.5, 0.6) is 0 Å². The predicted molar refractivity (Wildman–Crippen MR) is 119 cm³/mol. The van der Waals surface area contributed by atoms with Crippen LogP contribution >= 0.6 is 0 Å². The van der Waals surface area contributed by atoms with Crippen molar-refractivity contribution in [3.05, 3.63) is 0 Å². The molecule has 0 radical (unpaired) electrons. The molecular formula is C24H47NO4. The Labute approximate surface area is 179 Å². The van der Waals surface area contributed by atoms with Crippen molar-refractivity contribution in [2.75, 3.05) is 19.8 Å². The molecule has 0 aliphatic carbocycles. The molecule has 1 amide bonds. The Balaban J connectivity index is 1.80. The van der Waals surface area contributed by atoms with Gasteiger partial charge in [0.05, 0.1) is 6.61 Å². The van der Waals surface area contributed by atoms with Gasteiger partial charge in [0.15, 0.2) is 0 Å². The third-order valence-corrected chi connectivity index (χ3v) is 5.87.